The smallest absolute Gasteiger partial charge is 0.152 e. The van der Waals surface area contributed by atoms with Gasteiger partial charge in [-0.3, -0.25) is 4.79 Å². The molecule has 1 fully saturated rings. The maximum Gasteiger partial charge on any atom is 0.152 e. The monoisotopic (exact) mass is 460 g/mol. The first-order valence-corrected chi connectivity index (χ1v) is 12.0. The van der Waals surface area contributed by atoms with Crippen LogP contribution in [-0.2, 0) is 4.79 Å². The number of piperidine rings is 1. The lowest BCUT2D eigenvalue weighted by Crippen LogP contribution is -2.46. The molecular formula is C31H28N2O2. The van der Waals surface area contributed by atoms with E-state index >= 15 is 0 Å². The zero-order chi connectivity index (χ0) is 24.4. The van der Waals surface area contributed by atoms with Crippen molar-refractivity contribution in [2.75, 3.05) is 0 Å². The number of carbonyl (C=O) groups excluding carboxylic acids is 1. The van der Waals surface area contributed by atoms with E-state index in [1.807, 2.05) is 123 Å². The largest absolute Gasteiger partial charge is 0.298 e. The van der Waals surface area contributed by atoms with Crippen LogP contribution in [0.4, 0.5) is 0 Å². The van der Waals surface area contributed by atoms with Gasteiger partial charge in [-0.05, 0) is 36.1 Å². The first-order valence-electron chi connectivity index (χ1n) is 12.0. The maximum absolute atomic E-state index is 14.5. The average Bonchev–Trinajstić information content (AvgIpc) is 2.90. The molecule has 0 amide bonds. The lowest BCUT2D eigenvalue weighted by Gasteiger charge is -2.47. The normalized spacial score (nSPS) is 22.1. The third-order valence-electron chi connectivity index (χ3n) is 7.06. The molecule has 1 aliphatic heterocycles. The molecule has 174 valence electrons. The molecule has 4 nitrogen and oxygen atoms in total. The Morgan fingerprint density at radius 3 is 1.26 bits per heavy atom. The van der Waals surface area contributed by atoms with Crippen LogP contribution in [-0.4, -0.2) is 10.8 Å². The van der Waals surface area contributed by atoms with Gasteiger partial charge in [-0.1, -0.05) is 120 Å². The lowest BCUT2D eigenvalue weighted by atomic mass is 9.69. The minimum Gasteiger partial charge on any atom is -0.298 e. The van der Waals surface area contributed by atoms with Crippen molar-refractivity contribution in [3.05, 3.63) is 147 Å². The first kappa shape index (κ1) is 22.7. The standard InChI is InChI=1S/C31H28N2O2/c1-21-13-17-25(18-14-21)29-27(23-9-5-3-6-10-23)31(34)28(24-11-7-4-8-12-24)30(33(29)32-35)26-19-15-22(2)16-20-26/h3-20,27-30H,1-2H3. The summed E-state index contributed by atoms with van der Waals surface area (Å²) >= 11 is 0. The zero-order valence-corrected chi connectivity index (χ0v) is 19.9. The molecule has 5 rings (SSSR count). The molecular weight excluding hydrogens is 432 g/mol. The van der Waals surface area contributed by atoms with Gasteiger partial charge in [0.2, 0.25) is 0 Å². The van der Waals surface area contributed by atoms with Crippen LogP contribution in [0, 0.1) is 18.8 Å². The summed E-state index contributed by atoms with van der Waals surface area (Å²) in [5.74, 6) is -0.981. The fraction of sp³-hybridized carbons (Fsp3) is 0.194. The van der Waals surface area contributed by atoms with Gasteiger partial charge in [0.15, 0.2) is 5.78 Å². The Morgan fingerprint density at radius 1 is 0.543 bits per heavy atom. The number of ketones is 1. The van der Waals surface area contributed by atoms with E-state index in [-0.39, 0.29) is 5.78 Å². The number of benzene rings is 4. The molecule has 1 saturated heterocycles. The van der Waals surface area contributed by atoms with Crippen LogP contribution >= 0.6 is 0 Å². The molecule has 4 unspecified atom stereocenters. The van der Waals surface area contributed by atoms with E-state index in [9.17, 15) is 9.70 Å². The van der Waals surface area contributed by atoms with Gasteiger partial charge in [0, 0.05) is 0 Å². The van der Waals surface area contributed by atoms with E-state index < -0.39 is 23.9 Å². The molecule has 1 heterocycles. The Labute approximate surface area is 206 Å². The quantitative estimate of drug-likeness (QED) is 0.295. The van der Waals surface area contributed by atoms with Crippen molar-refractivity contribution in [1.29, 1.82) is 0 Å². The van der Waals surface area contributed by atoms with Crippen molar-refractivity contribution in [2.24, 2.45) is 5.29 Å². The first-order chi connectivity index (χ1) is 17.1. The summed E-state index contributed by atoms with van der Waals surface area (Å²) in [6, 6.07) is 34.6. The molecule has 1 aliphatic rings. The van der Waals surface area contributed by atoms with Gasteiger partial charge in [-0.25, -0.2) is 5.01 Å². The molecule has 4 atom stereocenters. The van der Waals surface area contributed by atoms with Gasteiger partial charge in [0.05, 0.1) is 29.2 Å². The molecule has 0 bridgehead atoms. The molecule has 0 aromatic heterocycles. The van der Waals surface area contributed by atoms with Crippen LogP contribution in [0.5, 0.6) is 0 Å². The highest BCUT2D eigenvalue weighted by atomic mass is 16.3. The summed E-state index contributed by atoms with van der Waals surface area (Å²) < 4.78 is 0. The predicted octanol–water partition coefficient (Wildman–Crippen LogP) is 7.22. The van der Waals surface area contributed by atoms with Crippen molar-refractivity contribution in [1.82, 2.24) is 5.01 Å². The fourth-order valence-electron chi connectivity index (χ4n) is 5.32. The highest BCUT2D eigenvalue weighted by Crippen LogP contribution is 2.53. The number of Topliss-reactive ketones (excluding diaryl/α,β-unsaturated/α-hetero) is 1. The highest BCUT2D eigenvalue weighted by molar-refractivity contribution is 5.94. The Bertz CT molecular complexity index is 1200. The topological polar surface area (TPSA) is 49.7 Å². The summed E-state index contributed by atoms with van der Waals surface area (Å²) in [5, 5.41) is 5.26. The van der Waals surface area contributed by atoms with Crippen molar-refractivity contribution < 1.29 is 4.79 Å². The summed E-state index contributed by atoms with van der Waals surface area (Å²) in [4.78, 5) is 27.2. The fourth-order valence-corrected chi connectivity index (χ4v) is 5.32. The maximum atomic E-state index is 14.5. The molecule has 0 saturated carbocycles. The van der Waals surface area contributed by atoms with E-state index in [0.29, 0.717) is 0 Å². The Morgan fingerprint density at radius 2 is 0.914 bits per heavy atom. The molecule has 35 heavy (non-hydrogen) atoms. The van der Waals surface area contributed by atoms with E-state index in [4.69, 9.17) is 0 Å². The number of hydrogen-bond donors (Lipinski definition) is 0. The van der Waals surface area contributed by atoms with Crippen LogP contribution in [0.25, 0.3) is 0 Å². The van der Waals surface area contributed by atoms with Crippen LogP contribution in [0.1, 0.15) is 57.3 Å². The number of aryl methyl sites for hydroxylation is 2. The molecule has 4 aromatic rings. The number of hydrogen-bond acceptors (Lipinski definition) is 3. The Kier molecular flexibility index (Phi) is 6.28. The number of nitrogens with zero attached hydrogens (tertiary/aromatic N) is 2. The second-order valence-corrected chi connectivity index (χ2v) is 9.35. The van der Waals surface area contributed by atoms with Crippen LogP contribution in [0.2, 0.25) is 0 Å². The van der Waals surface area contributed by atoms with Crippen molar-refractivity contribution >= 4 is 5.78 Å². The molecule has 0 radical (unpaired) electrons. The van der Waals surface area contributed by atoms with Gasteiger partial charge in [-0.15, -0.1) is 4.91 Å². The van der Waals surface area contributed by atoms with E-state index in [1.54, 1.807) is 5.01 Å². The summed E-state index contributed by atoms with van der Waals surface area (Å²) in [7, 11) is 0. The SMILES string of the molecule is Cc1ccc(C2C(c3ccccc3)C(=O)C(c3ccccc3)C(c3ccc(C)cc3)N2N=O)cc1. The Hall–Kier alpha value is -4.05. The van der Waals surface area contributed by atoms with E-state index in [1.165, 1.54) is 0 Å². The van der Waals surface area contributed by atoms with Gasteiger partial charge in [0.25, 0.3) is 0 Å². The molecule has 0 N–H and O–H groups in total. The minimum atomic E-state index is -0.538. The van der Waals surface area contributed by atoms with Gasteiger partial charge in [-0.2, -0.15) is 0 Å². The predicted molar refractivity (Wildman–Crippen MR) is 139 cm³/mol. The second kappa shape index (κ2) is 9.67. The summed E-state index contributed by atoms with van der Waals surface area (Å²) in [6.07, 6.45) is 0. The highest BCUT2D eigenvalue weighted by Gasteiger charge is 2.51. The van der Waals surface area contributed by atoms with Crippen molar-refractivity contribution in [2.45, 2.75) is 37.8 Å². The van der Waals surface area contributed by atoms with Crippen LogP contribution in [0.3, 0.4) is 0 Å². The van der Waals surface area contributed by atoms with Crippen LogP contribution < -0.4 is 0 Å². The average molecular weight is 461 g/mol. The summed E-state index contributed by atoms with van der Waals surface area (Å²) in [6.45, 7) is 4.06. The Balaban J connectivity index is 1.75. The number of rotatable bonds is 5. The third-order valence-corrected chi connectivity index (χ3v) is 7.06. The van der Waals surface area contributed by atoms with Gasteiger partial charge >= 0.3 is 0 Å². The van der Waals surface area contributed by atoms with E-state index in [2.05, 4.69) is 5.29 Å². The minimum absolute atomic E-state index is 0.0958. The lowest BCUT2D eigenvalue weighted by molar-refractivity contribution is -0.131. The van der Waals surface area contributed by atoms with E-state index in [0.717, 1.165) is 33.4 Å². The number of carbonyl (C=O) groups is 1. The molecule has 4 aromatic carbocycles. The number of nitroso groups, excluding NO2 is 1. The second-order valence-electron chi connectivity index (χ2n) is 9.35. The third kappa shape index (κ3) is 4.28. The van der Waals surface area contributed by atoms with Crippen molar-refractivity contribution in [3.63, 3.8) is 0 Å². The molecule has 0 spiro atoms. The molecule has 0 aliphatic carbocycles. The summed E-state index contributed by atoms with van der Waals surface area (Å²) in [5.41, 5.74) is 5.83. The van der Waals surface area contributed by atoms with Crippen molar-refractivity contribution in [3.8, 4) is 0 Å². The van der Waals surface area contributed by atoms with Gasteiger partial charge < -0.3 is 0 Å². The zero-order valence-electron chi connectivity index (χ0n) is 19.9. The van der Waals surface area contributed by atoms with Crippen LogP contribution in [0.15, 0.2) is 114 Å². The molecule has 4 heteroatoms. The van der Waals surface area contributed by atoms with Gasteiger partial charge in [0.1, 0.15) is 0 Å².